The van der Waals surface area contributed by atoms with E-state index >= 15 is 0 Å². The molecule has 1 aliphatic rings. The summed E-state index contributed by atoms with van der Waals surface area (Å²) in [5.74, 6) is 0.689. The standard InChI is InChI=1S/C21H23N7O/c1-26(2)10-9-24-21(29)28-18(12-17-5-3-4-6-19(17)28)11-16-13-25-27(15-16)20-14-22-7-8-23-20/h3-8,11-14H,9-10,15H2,1-2H3,(H,24,29)/b16-11+. The van der Waals surface area contributed by atoms with Crippen molar-refractivity contribution in [1.29, 1.82) is 0 Å². The summed E-state index contributed by atoms with van der Waals surface area (Å²) < 4.78 is 1.72. The number of nitrogens with zero attached hydrogens (tertiary/aromatic N) is 6. The Kier molecular flexibility index (Phi) is 5.35. The van der Waals surface area contributed by atoms with E-state index in [0.29, 0.717) is 18.9 Å². The van der Waals surface area contributed by atoms with Crippen LogP contribution in [-0.4, -0.2) is 65.4 Å². The summed E-state index contributed by atoms with van der Waals surface area (Å²) in [5, 5.41) is 10.2. The number of rotatable bonds is 5. The zero-order valence-electron chi connectivity index (χ0n) is 16.5. The van der Waals surface area contributed by atoms with Crippen molar-refractivity contribution < 1.29 is 4.79 Å². The van der Waals surface area contributed by atoms with Gasteiger partial charge >= 0.3 is 6.03 Å². The smallest absolute Gasteiger partial charge is 0.326 e. The highest BCUT2D eigenvalue weighted by molar-refractivity contribution is 5.97. The number of para-hydroxylation sites is 1. The van der Waals surface area contributed by atoms with Gasteiger partial charge in [-0.25, -0.2) is 14.8 Å². The Morgan fingerprint density at radius 1 is 1.28 bits per heavy atom. The molecule has 0 spiro atoms. The molecule has 0 saturated carbocycles. The van der Waals surface area contributed by atoms with Gasteiger partial charge in [0.2, 0.25) is 0 Å². The van der Waals surface area contributed by atoms with Crippen LogP contribution >= 0.6 is 0 Å². The molecule has 3 heterocycles. The first-order valence-corrected chi connectivity index (χ1v) is 9.43. The van der Waals surface area contributed by atoms with Crippen LogP contribution in [0.1, 0.15) is 5.69 Å². The maximum Gasteiger partial charge on any atom is 0.326 e. The summed E-state index contributed by atoms with van der Waals surface area (Å²) in [7, 11) is 3.96. The highest BCUT2D eigenvalue weighted by atomic mass is 16.2. The minimum Gasteiger partial charge on any atom is -0.336 e. The van der Waals surface area contributed by atoms with E-state index in [9.17, 15) is 4.79 Å². The van der Waals surface area contributed by atoms with E-state index in [0.717, 1.165) is 28.7 Å². The average Bonchev–Trinajstić information content (AvgIpc) is 3.33. The number of fused-ring (bicyclic) bond motifs is 1. The van der Waals surface area contributed by atoms with Gasteiger partial charge in [-0.15, -0.1) is 0 Å². The molecule has 0 fully saturated rings. The Hall–Kier alpha value is -3.52. The van der Waals surface area contributed by atoms with Crippen LogP contribution in [-0.2, 0) is 0 Å². The lowest BCUT2D eigenvalue weighted by molar-refractivity contribution is 0.242. The minimum absolute atomic E-state index is 0.138. The van der Waals surface area contributed by atoms with Gasteiger partial charge < -0.3 is 10.2 Å². The molecule has 8 nitrogen and oxygen atoms in total. The normalized spacial score (nSPS) is 15.0. The summed E-state index contributed by atoms with van der Waals surface area (Å²) >= 11 is 0. The summed E-state index contributed by atoms with van der Waals surface area (Å²) in [6, 6.07) is 9.76. The van der Waals surface area contributed by atoms with E-state index in [4.69, 9.17) is 0 Å². The molecule has 8 heteroatoms. The molecule has 4 rings (SSSR count). The van der Waals surface area contributed by atoms with Crippen LogP contribution in [0.15, 0.2) is 59.6 Å². The summed E-state index contributed by atoms with van der Waals surface area (Å²) in [6.45, 7) is 1.93. The molecule has 0 saturated heterocycles. The molecule has 1 aromatic carbocycles. The Labute approximate surface area is 169 Å². The van der Waals surface area contributed by atoms with Crippen molar-refractivity contribution in [3.63, 3.8) is 0 Å². The molecule has 3 aromatic rings. The third-order valence-corrected chi connectivity index (χ3v) is 4.62. The van der Waals surface area contributed by atoms with Crippen LogP contribution in [0.4, 0.5) is 10.6 Å². The van der Waals surface area contributed by atoms with Crippen molar-refractivity contribution in [2.45, 2.75) is 0 Å². The van der Waals surface area contributed by atoms with Crippen LogP contribution in [0.2, 0.25) is 0 Å². The number of aromatic nitrogens is 3. The van der Waals surface area contributed by atoms with Crippen LogP contribution in [0, 0.1) is 0 Å². The second-order valence-corrected chi connectivity index (χ2v) is 7.08. The van der Waals surface area contributed by atoms with E-state index < -0.39 is 0 Å². The molecule has 2 aromatic heterocycles. The number of hydrogen-bond acceptors (Lipinski definition) is 6. The zero-order valence-corrected chi connectivity index (χ0v) is 16.5. The van der Waals surface area contributed by atoms with E-state index in [2.05, 4.69) is 20.4 Å². The van der Waals surface area contributed by atoms with Gasteiger partial charge in [-0.05, 0) is 37.9 Å². The molecule has 0 aliphatic carbocycles. The van der Waals surface area contributed by atoms with E-state index in [1.165, 1.54) is 0 Å². The van der Waals surface area contributed by atoms with Gasteiger partial charge in [-0.1, -0.05) is 18.2 Å². The fourth-order valence-electron chi connectivity index (χ4n) is 3.21. The van der Waals surface area contributed by atoms with Crippen molar-refractivity contribution >= 4 is 35.0 Å². The third kappa shape index (κ3) is 4.17. The lowest BCUT2D eigenvalue weighted by Crippen LogP contribution is -2.34. The van der Waals surface area contributed by atoms with Crippen molar-refractivity contribution in [1.82, 2.24) is 24.8 Å². The molecule has 0 unspecified atom stereocenters. The predicted molar refractivity (Wildman–Crippen MR) is 115 cm³/mol. The quantitative estimate of drug-likeness (QED) is 0.725. The molecule has 0 atom stereocenters. The third-order valence-electron chi connectivity index (χ3n) is 4.62. The van der Waals surface area contributed by atoms with Crippen LogP contribution in [0.25, 0.3) is 17.0 Å². The van der Waals surface area contributed by atoms with Crippen LogP contribution < -0.4 is 10.3 Å². The highest BCUT2D eigenvalue weighted by Crippen LogP contribution is 2.23. The first-order valence-electron chi connectivity index (χ1n) is 9.43. The van der Waals surface area contributed by atoms with Crippen molar-refractivity contribution in [2.75, 3.05) is 38.7 Å². The number of benzene rings is 1. The number of hydrazone groups is 1. The molecule has 0 bridgehead atoms. The van der Waals surface area contributed by atoms with Gasteiger partial charge in [0.05, 0.1) is 30.2 Å². The van der Waals surface area contributed by atoms with Crippen molar-refractivity contribution in [3.8, 4) is 0 Å². The maximum absolute atomic E-state index is 12.9. The lowest BCUT2D eigenvalue weighted by Gasteiger charge is -2.13. The van der Waals surface area contributed by atoms with Gasteiger partial charge in [0, 0.05) is 30.9 Å². The Morgan fingerprint density at radius 2 is 2.14 bits per heavy atom. The van der Waals surface area contributed by atoms with Crippen LogP contribution in [0.5, 0.6) is 0 Å². The van der Waals surface area contributed by atoms with Gasteiger partial charge in [0.25, 0.3) is 0 Å². The van der Waals surface area contributed by atoms with Crippen LogP contribution in [0.3, 0.4) is 0 Å². The minimum atomic E-state index is -0.138. The maximum atomic E-state index is 12.9. The van der Waals surface area contributed by atoms with E-state index in [1.807, 2.05) is 55.4 Å². The second kappa shape index (κ2) is 8.24. The number of carbonyl (C=O) groups is 1. The van der Waals surface area contributed by atoms with Gasteiger partial charge in [0.15, 0.2) is 5.82 Å². The molecule has 1 N–H and O–H groups in total. The summed E-state index contributed by atoms with van der Waals surface area (Å²) in [6.07, 6.45) is 8.73. The number of likely N-dealkylation sites (N-methyl/N-ethyl adjacent to an activating group) is 1. The Balaban J connectivity index is 1.61. The molecule has 148 valence electrons. The number of amides is 1. The highest BCUT2D eigenvalue weighted by Gasteiger charge is 2.17. The Morgan fingerprint density at radius 3 is 2.93 bits per heavy atom. The fraction of sp³-hybridized carbons (Fsp3) is 0.238. The summed E-state index contributed by atoms with van der Waals surface area (Å²) in [4.78, 5) is 23.3. The molecule has 29 heavy (non-hydrogen) atoms. The first kappa shape index (κ1) is 18.8. The van der Waals surface area contributed by atoms with Crippen molar-refractivity contribution in [3.05, 3.63) is 60.2 Å². The first-order chi connectivity index (χ1) is 14.1. The monoisotopic (exact) mass is 389 g/mol. The largest absolute Gasteiger partial charge is 0.336 e. The fourth-order valence-corrected chi connectivity index (χ4v) is 3.21. The average molecular weight is 389 g/mol. The van der Waals surface area contributed by atoms with Gasteiger partial charge in [-0.3, -0.25) is 9.55 Å². The van der Waals surface area contributed by atoms with Gasteiger partial charge in [0.1, 0.15) is 0 Å². The van der Waals surface area contributed by atoms with Crippen molar-refractivity contribution in [2.24, 2.45) is 5.10 Å². The molecule has 0 radical (unpaired) electrons. The topological polar surface area (TPSA) is 78.7 Å². The molecule has 1 aliphatic heterocycles. The number of anilines is 1. The molecule has 1 amide bonds. The van der Waals surface area contributed by atoms with Gasteiger partial charge in [-0.2, -0.15) is 5.10 Å². The molecular formula is C21H23N7O. The Bertz CT molecular complexity index is 1070. The number of carbonyl (C=O) groups excluding carboxylic acids is 1. The zero-order chi connectivity index (χ0) is 20.2. The van der Waals surface area contributed by atoms with E-state index in [1.54, 1.807) is 34.4 Å². The number of nitrogens with one attached hydrogen (secondary N) is 1. The lowest BCUT2D eigenvalue weighted by atomic mass is 10.2. The summed E-state index contributed by atoms with van der Waals surface area (Å²) in [5.41, 5.74) is 2.68. The number of hydrogen-bond donors (Lipinski definition) is 1. The molecular weight excluding hydrogens is 366 g/mol. The SMILES string of the molecule is CN(C)CCNC(=O)n1c(/C=C2\C=NN(c3cnccn3)C2)cc2ccccc21. The predicted octanol–water partition coefficient (Wildman–Crippen LogP) is 2.44. The second-order valence-electron chi connectivity index (χ2n) is 7.08. The van der Waals surface area contributed by atoms with E-state index in [-0.39, 0.29) is 6.03 Å².